The molecule has 3 heteroatoms. The minimum atomic E-state index is 0.698. The molecule has 1 heterocycles. The third-order valence-corrected chi connectivity index (χ3v) is 4.04. The molecule has 1 saturated heterocycles. The van der Waals surface area contributed by atoms with Gasteiger partial charge in [-0.3, -0.25) is 0 Å². The molecule has 1 aromatic carbocycles. The maximum atomic E-state index is 5.25. The second kappa shape index (κ2) is 9.11. The highest BCUT2D eigenvalue weighted by atomic mass is 16.5. The first-order valence-electron chi connectivity index (χ1n) is 7.89. The molecule has 0 saturated carbocycles. The Labute approximate surface area is 123 Å². The van der Waals surface area contributed by atoms with E-state index in [1.54, 1.807) is 7.11 Å². The Balaban J connectivity index is 1.70. The van der Waals surface area contributed by atoms with Crippen molar-refractivity contribution in [2.75, 3.05) is 33.3 Å². The van der Waals surface area contributed by atoms with Crippen LogP contribution in [0.3, 0.4) is 0 Å². The van der Waals surface area contributed by atoms with E-state index in [4.69, 9.17) is 4.74 Å². The third-order valence-electron chi connectivity index (χ3n) is 4.04. The number of nitrogens with one attached hydrogen (secondary N) is 1. The van der Waals surface area contributed by atoms with Gasteiger partial charge in [0.15, 0.2) is 0 Å². The molecule has 3 nitrogen and oxygen atoms in total. The largest absolute Gasteiger partial charge is 0.380 e. The highest BCUT2D eigenvalue weighted by molar-refractivity contribution is 5.26. The van der Waals surface area contributed by atoms with E-state index < -0.39 is 0 Å². The fraction of sp³-hybridized carbons (Fsp3) is 0.647. The van der Waals surface area contributed by atoms with Crippen molar-refractivity contribution in [3.8, 4) is 0 Å². The van der Waals surface area contributed by atoms with Crippen molar-refractivity contribution in [3.05, 3.63) is 35.4 Å². The lowest BCUT2D eigenvalue weighted by atomic mass is 10.1. The first-order chi connectivity index (χ1) is 9.90. The number of benzene rings is 1. The van der Waals surface area contributed by atoms with E-state index in [1.807, 2.05) is 0 Å². The van der Waals surface area contributed by atoms with Crippen LogP contribution < -0.4 is 5.32 Å². The molecule has 1 N–H and O–H groups in total. The average Bonchev–Trinajstić information content (AvgIpc) is 2.74. The number of nitrogens with zero attached hydrogens (tertiary/aromatic N) is 1. The molecule has 1 fully saturated rings. The van der Waals surface area contributed by atoms with Gasteiger partial charge in [-0.1, -0.05) is 37.1 Å². The first kappa shape index (κ1) is 15.5. The summed E-state index contributed by atoms with van der Waals surface area (Å²) in [5, 5.41) is 3.57. The Hall–Kier alpha value is -0.900. The van der Waals surface area contributed by atoms with Crippen molar-refractivity contribution >= 4 is 0 Å². The van der Waals surface area contributed by atoms with E-state index >= 15 is 0 Å². The molecule has 0 aromatic heterocycles. The number of ether oxygens (including phenoxy) is 1. The molecule has 1 aliphatic heterocycles. The van der Waals surface area contributed by atoms with Crippen LogP contribution in [0, 0.1) is 0 Å². The summed E-state index contributed by atoms with van der Waals surface area (Å²) in [5.41, 5.74) is 2.64. The zero-order valence-corrected chi connectivity index (χ0v) is 12.7. The van der Waals surface area contributed by atoms with Crippen molar-refractivity contribution in [1.29, 1.82) is 0 Å². The molecule has 1 aromatic rings. The van der Waals surface area contributed by atoms with Gasteiger partial charge >= 0.3 is 0 Å². The summed E-state index contributed by atoms with van der Waals surface area (Å²) in [6.07, 6.45) is 5.57. The number of hydrogen-bond acceptors (Lipinski definition) is 3. The summed E-state index contributed by atoms with van der Waals surface area (Å²) in [6, 6.07) is 8.52. The first-order valence-corrected chi connectivity index (χ1v) is 7.89. The van der Waals surface area contributed by atoms with Gasteiger partial charge in [-0.2, -0.15) is 0 Å². The van der Waals surface area contributed by atoms with Gasteiger partial charge in [-0.25, -0.2) is 0 Å². The lowest BCUT2D eigenvalue weighted by molar-refractivity contribution is 0.184. The maximum absolute atomic E-state index is 5.25. The molecular formula is C17H28N2O. The third kappa shape index (κ3) is 5.23. The Morgan fingerprint density at radius 2 is 1.75 bits per heavy atom. The predicted molar refractivity (Wildman–Crippen MR) is 83.8 cm³/mol. The van der Waals surface area contributed by atoms with Crippen molar-refractivity contribution in [1.82, 2.24) is 10.2 Å². The molecule has 0 unspecified atom stereocenters. The summed E-state index contributed by atoms with van der Waals surface area (Å²) >= 11 is 0. The Morgan fingerprint density at radius 1 is 1.05 bits per heavy atom. The van der Waals surface area contributed by atoms with Gasteiger partial charge in [-0.05, 0) is 37.1 Å². The van der Waals surface area contributed by atoms with Crippen LogP contribution in [-0.4, -0.2) is 38.2 Å². The Bertz CT molecular complexity index is 373. The molecule has 0 atom stereocenters. The Kier molecular flexibility index (Phi) is 7.06. The lowest BCUT2D eigenvalue weighted by Gasteiger charge is -2.20. The molecule has 0 aliphatic carbocycles. The van der Waals surface area contributed by atoms with E-state index in [9.17, 15) is 0 Å². The summed E-state index contributed by atoms with van der Waals surface area (Å²) < 4.78 is 5.25. The molecule has 0 spiro atoms. The van der Waals surface area contributed by atoms with Gasteiger partial charge < -0.3 is 15.0 Å². The average molecular weight is 276 g/mol. The van der Waals surface area contributed by atoms with Crippen LogP contribution in [0.15, 0.2) is 24.3 Å². The van der Waals surface area contributed by atoms with E-state index in [0.717, 1.165) is 13.1 Å². The van der Waals surface area contributed by atoms with E-state index in [0.29, 0.717) is 6.61 Å². The van der Waals surface area contributed by atoms with E-state index in [1.165, 1.54) is 56.4 Å². The van der Waals surface area contributed by atoms with Gasteiger partial charge in [-0.15, -0.1) is 0 Å². The summed E-state index contributed by atoms with van der Waals surface area (Å²) in [5.74, 6) is 0. The SMILES string of the molecule is COCc1ccccc1CNCCN1CCCCCC1. The van der Waals surface area contributed by atoms with Crippen molar-refractivity contribution in [2.24, 2.45) is 0 Å². The molecular weight excluding hydrogens is 248 g/mol. The molecule has 2 rings (SSSR count). The van der Waals surface area contributed by atoms with Crippen LogP contribution >= 0.6 is 0 Å². The van der Waals surface area contributed by atoms with Crippen molar-refractivity contribution in [3.63, 3.8) is 0 Å². The second-order valence-corrected chi connectivity index (χ2v) is 5.63. The standard InChI is InChI=1S/C17H28N2O/c1-20-15-17-9-5-4-8-16(17)14-18-10-13-19-11-6-2-3-7-12-19/h4-5,8-9,18H,2-3,6-7,10-15H2,1H3. The fourth-order valence-electron chi connectivity index (χ4n) is 2.85. The van der Waals surface area contributed by atoms with Gasteiger partial charge in [0, 0.05) is 26.7 Å². The van der Waals surface area contributed by atoms with Crippen LogP contribution in [0.5, 0.6) is 0 Å². The molecule has 1 aliphatic rings. The number of rotatable bonds is 7. The summed E-state index contributed by atoms with van der Waals surface area (Å²) in [4.78, 5) is 2.60. The summed E-state index contributed by atoms with van der Waals surface area (Å²) in [7, 11) is 1.75. The van der Waals surface area contributed by atoms with Crippen molar-refractivity contribution in [2.45, 2.75) is 38.8 Å². The molecule has 112 valence electrons. The zero-order valence-electron chi connectivity index (χ0n) is 12.7. The predicted octanol–water partition coefficient (Wildman–Crippen LogP) is 2.80. The molecule has 0 bridgehead atoms. The van der Waals surface area contributed by atoms with Crippen LogP contribution in [0.4, 0.5) is 0 Å². The van der Waals surface area contributed by atoms with Gasteiger partial charge in [0.05, 0.1) is 6.61 Å². The minimum absolute atomic E-state index is 0.698. The second-order valence-electron chi connectivity index (χ2n) is 5.63. The normalized spacial score (nSPS) is 17.1. The van der Waals surface area contributed by atoms with Gasteiger partial charge in [0.2, 0.25) is 0 Å². The van der Waals surface area contributed by atoms with Gasteiger partial charge in [0.25, 0.3) is 0 Å². The van der Waals surface area contributed by atoms with E-state index in [2.05, 4.69) is 34.5 Å². The van der Waals surface area contributed by atoms with Gasteiger partial charge in [0.1, 0.15) is 0 Å². The highest BCUT2D eigenvalue weighted by Gasteiger charge is 2.08. The maximum Gasteiger partial charge on any atom is 0.0716 e. The molecule has 20 heavy (non-hydrogen) atoms. The topological polar surface area (TPSA) is 24.5 Å². The fourth-order valence-corrected chi connectivity index (χ4v) is 2.85. The highest BCUT2D eigenvalue weighted by Crippen LogP contribution is 2.10. The molecule has 0 amide bonds. The van der Waals surface area contributed by atoms with Crippen LogP contribution in [0.25, 0.3) is 0 Å². The number of methoxy groups -OCH3 is 1. The minimum Gasteiger partial charge on any atom is -0.380 e. The zero-order chi connectivity index (χ0) is 14.0. The van der Waals surface area contributed by atoms with Crippen LogP contribution in [0.2, 0.25) is 0 Å². The number of hydrogen-bond donors (Lipinski definition) is 1. The lowest BCUT2D eigenvalue weighted by Crippen LogP contribution is -2.32. The smallest absolute Gasteiger partial charge is 0.0716 e. The quantitative estimate of drug-likeness (QED) is 0.775. The monoisotopic (exact) mass is 276 g/mol. The van der Waals surface area contributed by atoms with Crippen molar-refractivity contribution < 1.29 is 4.74 Å². The van der Waals surface area contributed by atoms with E-state index in [-0.39, 0.29) is 0 Å². The summed E-state index contributed by atoms with van der Waals surface area (Å²) in [6.45, 7) is 6.44. The number of likely N-dealkylation sites (tertiary alicyclic amines) is 1. The Morgan fingerprint density at radius 3 is 2.45 bits per heavy atom. The van der Waals surface area contributed by atoms with Crippen LogP contribution in [-0.2, 0) is 17.9 Å². The molecule has 0 radical (unpaired) electrons. The van der Waals surface area contributed by atoms with Crippen LogP contribution in [0.1, 0.15) is 36.8 Å².